The maximum Gasteiger partial charge on any atom is 0.235 e. The summed E-state index contributed by atoms with van der Waals surface area (Å²) in [5, 5.41) is 3.30. The minimum absolute atomic E-state index is 0. The van der Waals surface area contributed by atoms with Gasteiger partial charge in [0.25, 0.3) is 0 Å². The van der Waals surface area contributed by atoms with Crippen LogP contribution in [0.5, 0.6) is 0 Å². The SMILES string of the molecule is CC12CCC(C(=O)N(C3CCNCC3)C1=O)C2(C)C.Cl. The molecule has 1 aliphatic carbocycles. The van der Waals surface area contributed by atoms with E-state index in [4.69, 9.17) is 0 Å². The lowest BCUT2D eigenvalue weighted by molar-refractivity contribution is -0.171. The summed E-state index contributed by atoms with van der Waals surface area (Å²) >= 11 is 0. The first-order valence-electron chi connectivity index (χ1n) is 7.48. The number of amides is 2. The molecule has 114 valence electrons. The van der Waals surface area contributed by atoms with Crippen molar-refractivity contribution in [1.82, 2.24) is 10.2 Å². The van der Waals surface area contributed by atoms with Crippen LogP contribution in [0.25, 0.3) is 0 Å². The third-order valence-electron chi connectivity index (χ3n) is 6.13. The average Bonchev–Trinajstić information content (AvgIpc) is 2.56. The molecule has 2 unspecified atom stereocenters. The molecule has 20 heavy (non-hydrogen) atoms. The highest BCUT2D eigenvalue weighted by molar-refractivity contribution is 6.04. The lowest BCUT2D eigenvalue weighted by atomic mass is 9.62. The predicted molar refractivity (Wildman–Crippen MR) is 79.6 cm³/mol. The molecule has 0 spiro atoms. The van der Waals surface area contributed by atoms with Crippen molar-refractivity contribution >= 4 is 24.2 Å². The molecule has 2 amide bonds. The predicted octanol–water partition coefficient (Wildman–Crippen LogP) is 1.97. The number of hydrogen-bond acceptors (Lipinski definition) is 3. The Morgan fingerprint density at radius 3 is 2.30 bits per heavy atom. The van der Waals surface area contributed by atoms with Gasteiger partial charge >= 0.3 is 0 Å². The minimum Gasteiger partial charge on any atom is -0.317 e. The third-order valence-corrected chi connectivity index (χ3v) is 6.13. The van der Waals surface area contributed by atoms with E-state index in [1.54, 1.807) is 4.90 Å². The van der Waals surface area contributed by atoms with Crippen molar-refractivity contribution in [3.05, 3.63) is 0 Å². The van der Waals surface area contributed by atoms with Gasteiger partial charge in [-0.3, -0.25) is 14.5 Å². The van der Waals surface area contributed by atoms with Crippen molar-refractivity contribution in [2.75, 3.05) is 13.1 Å². The lowest BCUT2D eigenvalue weighted by Gasteiger charge is -2.50. The summed E-state index contributed by atoms with van der Waals surface area (Å²) in [6.45, 7) is 8.08. The fourth-order valence-corrected chi connectivity index (χ4v) is 4.26. The van der Waals surface area contributed by atoms with E-state index in [1.807, 2.05) is 0 Å². The van der Waals surface area contributed by atoms with Gasteiger partial charge in [0.15, 0.2) is 0 Å². The van der Waals surface area contributed by atoms with Crippen LogP contribution >= 0.6 is 12.4 Å². The molecule has 3 aliphatic rings. The molecule has 5 heteroatoms. The van der Waals surface area contributed by atoms with Crippen LogP contribution in [0, 0.1) is 16.7 Å². The second-order valence-electron chi connectivity index (χ2n) is 7.14. The second-order valence-corrected chi connectivity index (χ2v) is 7.14. The standard InChI is InChI=1S/C15H24N2O2.ClH/c1-14(2)11-4-7-15(14,3)13(19)17(12(11)18)10-5-8-16-9-6-10;/h10-11,16H,4-9H2,1-3H3;1H. The number of nitrogens with zero attached hydrogens (tertiary/aromatic N) is 1. The molecular formula is C15H25ClN2O2. The Morgan fingerprint density at radius 2 is 1.70 bits per heavy atom. The summed E-state index contributed by atoms with van der Waals surface area (Å²) in [5.74, 6) is 0.213. The summed E-state index contributed by atoms with van der Waals surface area (Å²) < 4.78 is 0. The number of likely N-dealkylation sites (tertiary alicyclic amines) is 1. The van der Waals surface area contributed by atoms with E-state index in [0.717, 1.165) is 38.8 Å². The first-order chi connectivity index (χ1) is 8.89. The number of rotatable bonds is 1. The van der Waals surface area contributed by atoms with Gasteiger partial charge < -0.3 is 5.32 Å². The summed E-state index contributed by atoms with van der Waals surface area (Å²) in [6.07, 6.45) is 3.54. The van der Waals surface area contributed by atoms with Crippen LogP contribution in [0.15, 0.2) is 0 Å². The number of halogens is 1. The fourth-order valence-electron chi connectivity index (χ4n) is 4.26. The number of carbonyl (C=O) groups is 2. The van der Waals surface area contributed by atoms with Gasteiger partial charge in [0.05, 0.1) is 5.41 Å². The van der Waals surface area contributed by atoms with Crippen molar-refractivity contribution in [1.29, 1.82) is 0 Å². The van der Waals surface area contributed by atoms with Crippen molar-refractivity contribution in [2.45, 2.75) is 52.5 Å². The van der Waals surface area contributed by atoms with Crippen LogP contribution < -0.4 is 5.32 Å². The number of hydrogen-bond donors (Lipinski definition) is 1. The Labute approximate surface area is 127 Å². The molecule has 0 radical (unpaired) electrons. The van der Waals surface area contributed by atoms with E-state index in [2.05, 4.69) is 26.1 Å². The number of fused-ring (bicyclic) bond motifs is 2. The minimum atomic E-state index is -0.351. The smallest absolute Gasteiger partial charge is 0.235 e. The molecule has 2 atom stereocenters. The van der Waals surface area contributed by atoms with Gasteiger partial charge in [0.1, 0.15) is 0 Å². The second kappa shape index (κ2) is 4.99. The summed E-state index contributed by atoms with van der Waals surface area (Å²) in [4.78, 5) is 27.3. The van der Waals surface area contributed by atoms with Gasteiger partial charge in [0.2, 0.25) is 11.8 Å². The molecule has 3 fully saturated rings. The Balaban J connectivity index is 0.00000147. The molecule has 3 rings (SSSR count). The first-order valence-corrected chi connectivity index (χ1v) is 7.48. The Kier molecular flexibility index (Phi) is 3.93. The third kappa shape index (κ3) is 1.84. The van der Waals surface area contributed by atoms with E-state index >= 15 is 0 Å². The summed E-state index contributed by atoms with van der Waals surface area (Å²) in [5.41, 5.74) is -0.541. The summed E-state index contributed by atoms with van der Waals surface area (Å²) in [6, 6.07) is 0.122. The molecule has 1 N–H and O–H groups in total. The van der Waals surface area contributed by atoms with Crippen LogP contribution in [0.2, 0.25) is 0 Å². The molecular weight excluding hydrogens is 276 g/mol. The van der Waals surface area contributed by atoms with Crippen LogP contribution in [0.1, 0.15) is 46.5 Å². The topological polar surface area (TPSA) is 49.4 Å². The first kappa shape index (κ1) is 15.8. The number of nitrogens with one attached hydrogen (secondary N) is 1. The van der Waals surface area contributed by atoms with E-state index in [9.17, 15) is 9.59 Å². The molecule has 2 saturated heterocycles. The maximum absolute atomic E-state index is 12.9. The average molecular weight is 301 g/mol. The molecule has 0 aromatic rings. The van der Waals surface area contributed by atoms with E-state index < -0.39 is 0 Å². The van der Waals surface area contributed by atoms with Gasteiger partial charge in [-0.2, -0.15) is 0 Å². The summed E-state index contributed by atoms with van der Waals surface area (Å²) in [7, 11) is 0. The zero-order valence-electron chi connectivity index (χ0n) is 12.6. The van der Waals surface area contributed by atoms with Gasteiger partial charge in [0, 0.05) is 12.0 Å². The molecule has 0 aromatic heterocycles. The van der Waals surface area contributed by atoms with Gasteiger partial charge in [-0.15, -0.1) is 12.4 Å². The molecule has 1 saturated carbocycles. The van der Waals surface area contributed by atoms with E-state index in [-0.39, 0.29) is 47.0 Å². The molecule has 2 heterocycles. The van der Waals surface area contributed by atoms with Gasteiger partial charge in [-0.05, 0) is 44.2 Å². The Hall–Kier alpha value is -0.610. The van der Waals surface area contributed by atoms with Crippen molar-refractivity contribution in [3.8, 4) is 0 Å². The zero-order valence-corrected chi connectivity index (χ0v) is 13.4. The Morgan fingerprint density at radius 1 is 1.10 bits per heavy atom. The molecule has 2 bridgehead atoms. The molecule has 2 aliphatic heterocycles. The highest BCUT2D eigenvalue weighted by Crippen LogP contribution is 2.60. The van der Waals surface area contributed by atoms with Gasteiger partial charge in [-0.1, -0.05) is 20.8 Å². The number of imide groups is 1. The Bertz CT molecular complexity index is 432. The van der Waals surface area contributed by atoms with Crippen molar-refractivity contribution < 1.29 is 9.59 Å². The fraction of sp³-hybridized carbons (Fsp3) is 0.867. The number of piperidine rings is 2. The largest absolute Gasteiger partial charge is 0.317 e. The quantitative estimate of drug-likeness (QED) is 0.753. The monoisotopic (exact) mass is 300 g/mol. The lowest BCUT2D eigenvalue weighted by Crippen LogP contribution is -2.62. The zero-order chi connectivity index (χ0) is 13.8. The molecule has 4 nitrogen and oxygen atoms in total. The van der Waals surface area contributed by atoms with Gasteiger partial charge in [-0.25, -0.2) is 0 Å². The van der Waals surface area contributed by atoms with Crippen LogP contribution in [-0.2, 0) is 9.59 Å². The van der Waals surface area contributed by atoms with Crippen LogP contribution in [-0.4, -0.2) is 35.8 Å². The maximum atomic E-state index is 12.9. The van der Waals surface area contributed by atoms with Crippen molar-refractivity contribution in [3.63, 3.8) is 0 Å². The van der Waals surface area contributed by atoms with Crippen molar-refractivity contribution in [2.24, 2.45) is 16.7 Å². The molecule has 0 aromatic carbocycles. The van der Waals surface area contributed by atoms with E-state index in [1.165, 1.54) is 0 Å². The highest BCUT2D eigenvalue weighted by Gasteiger charge is 2.65. The van der Waals surface area contributed by atoms with Crippen LogP contribution in [0.3, 0.4) is 0 Å². The van der Waals surface area contributed by atoms with Crippen LogP contribution in [0.4, 0.5) is 0 Å². The number of carbonyl (C=O) groups excluding carboxylic acids is 2. The normalized spacial score (nSPS) is 37.0. The highest BCUT2D eigenvalue weighted by atomic mass is 35.5. The van der Waals surface area contributed by atoms with E-state index in [0.29, 0.717) is 0 Å².